The number of nitrogens with one attached hydrogen (secondary N) is 2. The Balaban J connectivity index is 1.44. The van der Waals surface area contributed by atoms with Crippen molar-refractivity contribution in [1.29, 1.82) is 0 Å². The van der Waals surface area contributed by atoms with Crippen LogP contribution in [-0.2, 0) is 4.74 Å². The number of methoxy groups -OCH3 is 1. The van der Waals surface area contributed by atoms with Crippen LogP contribution in [0.4, 0.5) is 4.79 Å². The maximum absolute atomic E-state index is 11.9. The van der Waals surface area contributed by atoms with Crippen LogP contribution < -0.4 is 10.6 Å². The van der Waals surface area contributed by atoms with Crippen LogP contribution in [0.25, 0.3) is 10.1 Å². The summed E-state index contributed by atoms with van der Waals surface area (Å²) in [6.07, 6.45) is 2.58. The third-order valence-corrected chi connectivity index (χ3v) is 5.86. The summed E-state index contributed by atoms with van der Waals surface area (Å²) in [5.74, 6) is 0. The van der Waals surface area contributed by atoms with Gasteiger partial charge in [-0.25, -0.2) is 4.79 Å². The molecule has 5 nitrogen and oxygen atoms in total. The standard InChI is InChI=1S/C18H24N2O3S/c1-23-9-8-18(6-7-18)12-20-17(22)19-11-14(21)16-10-13-4-2-3-5-15(13)24-16/h2-5,10,14,21H,6-9,11-12H2,1H3,(H2,19,20,22). The lowest BCUT2D eigenvalue weighted by Gasteiger charge is -2.16. The van der Waals surface area contributed by atoms with Gasteiger partial charge in [-0.3, -0.25) is 0 Å². The summed E-state index contributed by atoms with van der Waals surface area (Å²) in [6, 6.07) is 9.78. The second-order valence-corrected chi connectivity index (χ2v) is 7.62. The average molecular weight is 348 g/mol. The number of carbonyl (C=O) groups is 1. The van der Waals surface area contributed by atoms with Crippen molar-refractivity contribution in [3.8, 4) is 0 Å². The van der Waals surface area contributed by atoms with Crippen molar-refractivity contribution >= 4 is 27.5 Å². The fraction of sp³-hybridized carbons (Fsp3) is 0.500. The third kappa shape index (κ3) is 4.26. The van der Waals surface area contributed by atoms with Crippen molar-refractivity contribution in [2.45, 2.75) is 25.4 Å². The Morgan fingerprint density at radius 2 is 2.17 bits per heavy atom. The molecule has 3 N–H and O–H groups in total. The van der Waals surface area contributed by atoms with Crippen LogP contribution >= 0.6 is 11.3 Å². The molecule has 2 aromatic rings. The minimum Gasteiger partial charge on any atom is -0.386 e. The number of aliphatic hydroxyl groups excluding tert-OH is 1. The molecule has 1 aromatic carbocycles. The van der Waals surface area contributed by atoms with E-state index in [-0.39, 0.29) is 18.0 Å². The molecule has 0 radical (unpaired) electrons. The first-order valence-electron chi connectivity index (χ1n) is 8.29. The summed E-state index contributed by atoms with van der Waals surface area (Å²) in [7, 11) is 1.70. The highest BCUT2D eigenvalue weighted by Crippen LogP contribution is 2.48. The summed E-state index contributed by atoms with van der Waals surface area (Å²) in [6.45, 7) is 1.61. The van der Waals surface area contributed by atoms with E-state index in [0.717, 1.165) is 40.8 Å². The molecule has 3 rings (SSSR count). The van der Waals surface area contributed by atoms with E-state index in [1.54, 1.807) is 18.4 Å². The predicted octanol–water partition coefficient (Wildman–Crippen LogP) is 3.05. The van der Waals surface area contributed by atoms with Gasteiger partial charge in [-0.05, 0) is 42.2 Å². The molecule has 24 heavy (non-hydrogen) atoms. The largest absolute Gasteiger partial charge is 0.386 e. The summed E-state index contributed by atoms with van der Waals surface area (Å²) < 4.78 is 6.26. The van der Waals surface area contributed by atoms with Gasteiger partial charge in [0.25, 0.3) is 0 Å². The van der Waals surface area contributed by atoms with E-state index in [2.05, 4.69) is 10.6 Å². The van der Waals surface area contributed by atoms with E-state index in [9.17, 15) is 9.90 Å². The molecule has 0 saturated heterocycles. The summed E-state index contributed by atoms with van der Waals surface area (Å²) in [4.78, 5) is 12.8. The summed E-state index contributed by atoms with van der Waals surface area (Å²) >= 11 is 1.56. The van der Waals surface area contributed by atoms with Crippen LogP contribution in [-0.4, -0.2) is 37.9 Å². The number of carbonyl (C=O) groups excluding carboxylic acids is 1. The second kappa shape index (κ2) is 7.51. The maximum atomic E-state index is 11.9. The second-order valence-electron chi connectivity index (χ2n) is 6.51. The fourth-order valence-corrected chi connectivity index (χ4v) is 3.85. The molecule has 1 aromatic heterocycles. The van der Waals surface area contributed by atoms with E-state index in [1.165, 1.54) is 0 Å². The highest BCUT2D eigenvalue weighted by atomic mass is 32.1. The lowest BCUT2D eigenvalue weighted by Crippen LogP contribution is -2.40. The Morgan fingerprint density at radius 3 is 2.88 bits per heavy atom. The van der Waals surface area contributed by atoms with Gasteiger partial charge in [-0.15, -0.1) is 11.3 Å². The normalized spacial score (nSPS) is 16.8. The minimum atomic E-state index is -0.684. The number of hydrogen-bond donors (Lipinski definition) is 3. The number of fused-ring (bicyclic) bond motifs is 1. The van der Waals surface area contributed by atoms with Gasteiger partial charge in [-0.1, -0.05) is 18.2 Å². The molecule has 130 valence electrons. The molecule has 1 heterocycles. The van der Waals surface area contributed by atoms with Crippen LogP contribution in [0.3, 0.4) is 0 Å². The molecule has 0 spiro atoms. The smallest absolute Gasteiger partial charge is 0.314 e. The first kappa shape index (κ1) is 17.2. The Hall–Kier alpha value is -1.63. The van der Waals surface area contributed by atoms with Crippen molar-refractivity contribution in [3.05, 3.63) is 35.2 Å². The number of ether oxygens (including phenoxy) is 1. The van der Waals surface area contributed by atoms with E-state index < -0.39 is 6.10 Å². The number of hydrogen-bond acceptors (Lipinski definition) is 4. The van der Waals surface area contributed by atoms with E-state index in [1.807, 2.05) is 30.3 Å². The number of amides is 2. The molecule has 1 fully saturated rings. The highest BCUT2D eigenvalue weighted by Gasteiger charge is 2.42. The van der Waals surface area contributed by atoms with Crippen LogP contribution in [0.1, 0.15) is 30.2 Å². The van der Waals surface area contributed by atoms with Gasteiger partial charge in [0.2, 0.25) is 0 Å². The van der Waals surface area contributed by atoms with Gasteiger partial charge in [0.15, 0.2) is 0 Å². The fourth-order valence-electron chi connectivity index (χ4n) is 2.80. The molecule has 1 unspecified atom stereocenters. The molecule has 1 saturated carbocycles. The number of thiophene rings is 1. The highest BCUT2D eigenvalue weighted by molar-refractivity contribution is 7.19. The number of aliphatic hydroxyl groups is 1. The van der Waals surface area contributed by atoms with Gasteiger partial charge in [0.1, 0.15) is 6.10 Å². The van der Waals surface area contributed by atoms with E-state index >= 15 is 0 Å². The molecule has 0 aliphatic heterocycles. The van der Waals surface area contributed by atoms with Crippen molar-refractivity contribution in [1.82, 2.24) is 10.6 Å². The van der Waals surface area contributed by atoms with Gasteiger partial charge >= 0.3 is 6.03 Å². The van der Waals surface area contributed by atoms with Crippen LogP contribution in [0.2, 0.25) is 0 Å². The van der Waals surface area contributed by atoms with Gasteiger partial charge in [0, 0.05) is 29.8 Å². The van der Waals surface area contributed by atoms with Crippen LogP contribution in [0.5, 0.6) is 0 Å². The SMILES string of the molecule is COCCC1(CNC(=O)NCC(O)c2cc3ccccc3s2)CC1. The summed E-state index contributed by atoms with van der Waals surface area (Å²) in [5, 5.41) is 17.1. The quantitative estimate of drug-likeness (QED) is 0.687. The Labute approximate surface area is 146 Å². The monoisotopic (exact) mass is 348 g/mol. The number of rotatable bonds is 8. The number of benzene rings is 1. The molecule has 1 aliphatic rings. The molecular weight excluding hydrogens is 324 g/mol. The first-order valence-corrected chi connectivity index (χ1v) is 9.11. The van der Waals surface area contributed by atoms with Crippen molar-refractivity contribution in [2.24, 2.45) is 5.41 Å². The first-order chi connectivity index (χ1) is 11.6. The Bertz CT molecular complexity index is 663. The van der Waals surface area contributed by atoms with Gasteiger partial charge < -0.3 is 20.5 Å². The zero-order valence-corrected chi connectivity index (χ0v) is 14.7. The Morgan fingerprint density at radius 1 is 1.38 bits per heavy atom. The maximum Gasteiger partial charge on any atom is 0.314 e. The molecule has 6 heteroatoms. The zero-order chi connectivity index (χ0) is 17.0. The van der Waals surface area contributed by atoms with Crippen molar-refractivity contribution < 1.29 is 14.6 Å². The third-order valence-electron chi connectivity index (χ3n) is 4.65. The van der Waals surface area contributed by atoms with Gasteiger partial charge in [-0.2, -0.15) is 0 Å². The van der Waals surface area contributed by atoms with Crippen molar-refractivity contribution in [3.63, 3.8) is 0 Å². The van der Waals surface area contributed by atoms with E-state index in [0.29, 0.717) is 6.54 Å². The average Bonchev–Trinajstić information content (AvgIpc) is 3.24. The Kier molecular flexibility index (Phi) is 5.38. The van der Waals surface area contributed by atoms with Crippen LogP contribution in [0, 0.1) is 5.41 Å². The topological polar surface area (TPSA) is 70.6 Å². The van der Waals surface area contributed by atoms with E-state index in [4.69, 9.17) is 4.74 Å². The molecule has 0 bridgehead atoms. The van der Waals surface area contributed by atoms with Gasteiger partial charge in [0.05, 0.1) is 6.54 Å². The zero-order valence-electron chi connectivity index (χ0n) is 13.9. The lowest BCUT2D eigenvalue weighted by molar-refractivity contribution is 0.168. The molecular formula is C18H24N2O3S. The molecule has 2 amide bonds. The molecule has 1 atom stereocenters. The lowest BCUT2D eigenvalue weighted by atomic mass is 10.0. The molecule has 1 aliphatic carbocycles. The minimum absolute atomic E-state index is 0.212. The predicted molar refractivity (Wildman–Crippen MR) is 96.3 cm³/mol. The van der Waals surface area contributed by atoms with Crippen LogP contribution in [0.15, 0.2) is 30.3 Å². The summed E-state index contributed by atoms with van der Waals surface area (Å²) in [5.41, 5.74) is 0.220. The number of urea groups is 1. The van der Waals surface area contributed by atoms with Crippen molar-refractivity contribution in [2.75, 3.05) is 26.8 Å².